The molecule has 0 radical (unpaired) electrons. The summed E-state index contributed by atoms with van der Waals surface area (Å²) in [5, 5.41) is 4.99. The van der Waals surface area contributed by atoms with Crippen molar-refractivity contribution in [1.82, 2.24) is 15.5 Å². The quantitative estimate of drug-likeness (QED) is 0.535. The van der Waals surface area contributed by atoms with Crippen LogP contribution in [-0.2, 0) is 23.9 Å². The predicted octanol–water partition coefficient (Wildman–Crippen LogP) is -0.246. The van der Waals surface area contributed by atoms with Crippen LogP contribution in [0.25, 0.3) is 0 Å². The maximum atomic E-state index is 11.5. The molecule has 0 unspecified atom stereocenters. The minimum absolute atomic E-state index is 0.0425. The van der Waals surface area contributed by atoms with Crippen LogP contribution in [0.5, 0.6) is 0 Å². The van der Waals surface area contributed by atoms with Gasteiger partial charge in [0.15, 0.2) is 6.23 Å². The minimum Gasteiger partial charge on any atom is -0.461 e. The van der Waals surface area contributed by atoms with Crippen molar-refractivity contribution in [1.29, 1.82) is 0 Å². The molecule has 0 saturated heterocycles. The molecule has 2 amide bonds. The lowest BCUT2D eigenvalue weighted by molar-refractivity contribution is -0.148. The van der Waals surface area contributed by atoms with E-state index in [2.05, 4.69) is 17.2 Å². The van der Waals surface area contributed by atoms with Crippen LogP contribution in [0.1, 0.15) is 13.8 Å². The Morgan fingerprint density at radius 1 is 1.48 bits per heavy atom. The Labute approximate surface area is 133 Å². The number of esters is 1. The Morgan fingerprint density at radius 3 is 2.91 bits per heavy atom. The molecule has 124 valence electrons. The number of carbonyl (C=O) groups excluding carboxylic acids is 3. The van der Waals surface area contributed by atoms with Crippen molar-refractivity contribution in [3.63, 3.8) is 0 Å². The molecule has 2 rings (SSSR count). The van der Waals surface area contributed by atoms with Crippen LogP contribution in [0.2, 0.25) is 0 Å². The fraction of sp³-hybridized carbons (Fsp3) is 0.400. The fourth-order valence-corrected chi connectivity index (χ4v) is 2.03. The van der Waals surface area contributed by atoms with E-state index in [1.165, 1.54) is 6.92 Å². The van der Waals surface area contributed by atoms with E-state index in [-0.39, 0.29) is 25.0 Å². The maximum Gasteiger partial charge on any atom is 0.325 e. The van der Waals surface area contributed by atoms with Crippen LogP contribution >= 0.6 is 0 Å². The molecular formula is C15H19N3O5. The van der Waals surface area contributed by atoms with Gasteiger partial charge in [-0.1, -0.05) is 12.7 Å². The summed E-state index contributed by atoms with van der Waals surface area (Å²) < 4.78 is 10.7. The van der Waals surface area contributed by atoms with Gasteiger partial charge in [-0.15, -0.1) is 0 Å². The smallest absolute Gasteiger partial charge is 0.325 e. The zero-order valence-electron chi connectivity index (χ0n) is 13.0. The molecule has 0 aromatic heterocycles. The van der Waals surface area contributed by atoms with E-state index < -0.39 is 18.3 Å². The highest BCUT2D eigenvalue weighted by atomic mass is 16.6. The number of ether oxygens (including phenoxy) is 2. The van der Waals surface area contributed by atoms with Gasteiger partial charge < -0.3 is 25.0 Å². The standard InChI is InChI=1S/C15H19N3O5/c1-9-7-18(10(2)17-15(9)21)13-5-4-12(23-13)8-22-14(20)6-16-11(3)19/h4-5,7,12-13H,2,6,8H2,1,3H3,(H,16,19)(H,17,21)/t12-,13+/m0/s1. The molecule has 2 aliphatic rings. The first-order valence-electron chi connectivity index (χ1n) is 7.07. The highest BCUT2D eigenvalue weighted by molar-refractivity contribution is 5.94. The molecule has 23 heavy (non-hydrogen) atoms. The lowest BCUT2D eigenvalue weighted by Gasteiger charge is -2.32. The molecule has 0 saturated carbocycles. The summed E-state index contributed by atoms with van der Waals surface area (Å²) in [6, 6.07) is 0. The Balaban J connectivity index is 1.82. The van der Waals surface area contributed by atoms with Gasteiger partial charge in [0.1, 0.15) is 25.1 Å². The lowest BCUT2D eigenvalue weighted by Crippen LogP contribution is -2.42. The molecule has 2 heterocycles. The second-order valence-corrected chi connectivity index (χ2v) is 5.16. The number of nitrogens with zero attached hydrogens (tertiary/aromatic N) is 1. The van der Waals surface area contributed by atoms with E-state index in [1.807, 2.05) is 0 Å². The Bertz CT molecular complexity index is 596. The summed E-state index contributed by atoms with van der Waals surface area (Å²) in [5.74, 6) is -0.617. The summed E-state index contributed by atoms with van der Waals surface area (Å²) in [4.78, 5) is 35.3. The van der Waals surface area contributed by atoms with Gasteiger partial charge in [-0.2, -0.15) is 0 Å². The van der Waals surface area contributed by atoms with Gasteiger partial charge in [0.2, 0.25) is 5.91 Å². The van der Waals surface area contributed by atoms with Gasteiger partial charge in [-0.25, -0.2) is 0 Å². The molecule has 2 N–H and O–H groups in total. The van der Waals surface area contributed by atoms with Crippen LogP contribution < -0.4 is 10.6 Å². The molecule has 2 atom stereocenters. The molecule has 2 aliphatic heterocycles. The Kier molecular flexibility index (Phi) is 5.17. The monoisotopic (exact) mass is 321 g/mol. The van der Waals surface area contributed by atoms with Gasteiger partial charge >= 0.3 is 5.97 Å². The number of hydrogen-bond acceptors (Lipinski definition) is 6. The number of carbonyl (C=O) groups is 3. The van der Waals surface area contributed by atoms with E-state index in [9.17, 15) is 14.4 Å². The summed E-state index contributed by atoms with van der Waals surface area (Å²) in [6.45, 7) is 6.65. The average molecular weight is 321 g/mol. The molecule has 8 heteroatoms. The highest BCUT2D eigenvalue weighted by Crippen LogP contribution is 2.22. The van der Waals surface area contributed by atoms with Crippen molar-refractivity contribution in [2.45, 2.75) is 26.2 Å². The zero-order valence-corrected chi connectivity index (χ0v) is 13.0. The first-order chi connectivity index (χ1) is 10.9. The Morgan fingerprint density at radius 2 is 2.22 bits per heavy atom. The number of hydrogen-bond donors (Lipinski definition) is 2. The van der Waals surface area contributed by atoms with Gasteiger partial charge in [0, 0.05) is 18.7 Å². The van der Waals surface area contributed by atoms with Crippen molar-refractivity contribution < 1.29 is 23.9 Å². The molecule has 0 aromatic rings. The average Bonchev–Trinajstić information content (AvgIpc) is 2.95. The lowest BCUT2D eigenvalue weighted by atomic mass is 10.2. The molecular weight excluding hydrogens is 302 g/mol. The molecule has 0 bridgehead atoms. The summed E-state index contributed by atoms with van der Waals surface area (Å²) in [6.07, 6.45) is 4.38. The van der Waals surface area contributed by atoms with E-state index in [1.54, 1.807) is 30.2 Å². The van der Waals surface area contributed by atoms with Crippen LogP contribution in [-0.4, -0.2) is 48.2 Å². The van der Waals surface area contributed by atoms with E-state index in [0.717, 1.165) is 0 Å². The maximum absolute atomic E-state index is 11.5. The third kappa shape index (κ3) is 4.43. The van der Waals surface area contributed by atoms with Crippen molar-refractivity contribution in [2.75, 3.05) is 13.2 Å². The van der Waals surface area contributed by atoms with Gasteiger partial charge in [-0.05, 0) is 13.0 Å². The largest absolute Gasteiger partial charge is 0.461 e. The second kappa shape index (κ2) is 7.10. The van der Waals surface area contributed by atoms with E-state index in [4.69, 9.17) is 9.47 Å². The van der Waals surface area contributed by atoms with Crippen molar-refractivity contribution >= 4 is 17.8 Å². The van der Waals surface area contributed by atoms with Crippen LogP contribution in [0, 0.1) is 0 Å². The van der Waals surface area contributed by atoms with Crippen molar-refractivity contribution in [3.8, 4) is 0 Å². The summed E-state index contributed by atoms with van der Waals surface area (Å²) in [7, 11) is 0. The normalized spacial score (nSPS) is 23.4. The first-order valence-corrected chi connectivity index (χ1v) is 7.07. The number of nitrogens with one attached hydrogen (secondary N) is 2. The van der Waals surface area contributed by atoms with Crippen molar-refractivity contribution in [2.24, 2.45) is 0 Å². The second-order valence-electron chi connectivity index (χ2n) is 5.16. The third-order valence-corrected chi connectivity index (χ3v) is 3.23. The third-order valence-electron chi connectivity index (χ3n) is 3.23. The van der Waals surface area contributed by atoms with E-state index in [0.29, 0.717) is 11.4 Å². The number of amides is 2. The predicted molar refractivity (Wildman–Crippen MR) is 80.3 cm³/mol. The first kappa shape index (κ1) is 16.8. The SMILES string of the molecule is C=C1NC(=O)C(C)=CN1[C@H]1C=C[C@@H](COC(=O)CNC(C)=O)O1. The van der Waals surface area contributed by atoms with Crippen LogP contribution in [0.15, 0.2) is 36.3 Å². The van der Waals surface area contributed by atoms with Gasteiger partial charge in [-0.3, -0.25) is 14.4 Å². The van der Waals surface area contributed by atoms with E-state index >= 15 is 0 Å². The zero-order chi connectivity index (χ0) is 17.0. The van der Waals surface area contributed by atoms with Crippen LogP contribution in [0.4, 0.5) is 0 Å². The minimum atomic E-state index is -0.536. The Hall–Kier alpha value is -2.61. The van der Waals surface area contributed by atoms with Crippen LogP contribution in [0.3, 0.4) is 0 Å². The fourth-order valence-electron chi connectivity index (χ4n) is 2.03. The molecule has 8 nitrogen and oxygen atoms in total. The summed E-state index contributed by atoms with van der Waals surface area (Å²) in [5.41, 5.74) is 0.541. The van der Waals surface area contributed by atoms with Gasteiger partial charge in [0.25, 0.3) is 5.91 Å². The highest BCUT2D eigenvalue weighted by Gasteiger charge is 2.29. The molecule has 0 spiro atoms. The van der Waals surface area contributed by atoms with Gasteiger partial charge in [0.05, 0.1) is 0 Å². The topological polar surface area (TPSA) is 97.0 Å². The number of rotatable bonds is 5. The molecule has 0 aromatic carbocycles. The summed E-state index contributed by atoms with van der Waals surface area (Å²) >= 11 is 0. The molecule has 0 fully saturated rings. The molecule has 0 aliphatic carbocycles. The van der Waals surface area contributed by atoms with Crippen molar-refractivity contribution in [3.05, 3.63) is 36.3 Å².